The second-order valence-corrected chi connectivity index (χ2v) is 5.78. The highest BCUT2D eigenvalue weighted by Gasteiger charge is 2.21. The molecular formula is C13H23N3S. The Hall–Kier alpha value is -0.450. The van der Waals surface area contributed by atoms with Crippen LogP contribution in [-0.2, 0) is 13.0 Å². The van der Waals surface area contributed by atoms with Gasteiger partial charge >= 0.3 is 0 Å². The van der Waals surface area contributed by atoms with Gasteiger partial charge in [0, 0.05) is 24.5 Å². The third-order valence-corrected chi connectivity index (χ3v) is 4.41. The van der Waals surface area contributed by atoms with E-state index < -0.39 is 0 Å². The van der Waals surface area contributed by atoms with Gasteiger partial charge in [0.1, 0.15) is 0 Å². The second kappa shape index (κ2) is 6.47. The van der Waals surface area contributed by atoms with Gasteiger partial charge in [0.05, 0.1) is 10.7 Å². The van der Waals surface area contributed by atoms with Crippen molar-refractivity contribution in [2.45, 2.75) is 51.6 Å². The summed E-state index contributed by atoms with van der Waals surface area (Å²) in [6.07, 6.45) is 6.19. The van der Waals surface area contributed by atoms with Gasteiger partial charge in [-0.2, -0.15) is 0 Å². The molecule has 1 saturated heterocycles. The minimum Gasteiger partial charge on any atom is -0.329 e. The smallest absolute Gasteiger partial charge is 0.0928 e. The van der Waals surface area contributed by atoms with Crippen LogP contribution < -0.4 is 5.73 Å². The molecule has 1 aromatic rings. The zero-order valence-corrected chi connectivity index (χ0v) is 11.5. The van der Waals surface area contributed by atoms with Gasteiger partial charge < -0.3 is 5.73 Å². The first kappa shape index (κ1) is 13.0. The van der Waals surface area contributed by atoms with Crippen molar-refractivity contribution in [1.82, 2.24) is 9.88 Å². The van der Waals surface area contributed by atoms with Gasteiger partial charge in [-0.25, -0.2) is 4.98 Å². The van der Waals surface area contributed by atoms with E-state index in [4.69, 9.17) is 10.7 Å². The third-order valence-electron chi connectivity index (χ3n) is 3.45. The number of aromatic nitrogens is 1. The summed E-state index contributed by atoms with van der Waals surface area (Å²) < 4.78 is 0. The molecule has 2 rings (SSSR count). The summed E-state index contributed by atoms with van der Waals surface area (Å²) >= 11 is 1.80. The van der Waals surface area contributed by atoms with Crippen molar-refractivity contribution in [3.63, 3.8) is 0 Å². The summed E-state index contributed by atoms with van der Waals surface area (Å²) in [6.45, 7) is 5.16. The molecule has 1 atom stereocenters. The Morgan fingerprint density at radius 2 is 2.41 bits per heavy atom. The fourth-order valence-corrected chi connectivity index (χ4v) is 3.38. The van der Waals surface area contributed by atoms with Crippen molar-refractivity contribution in [2.75, 3.05) is 13.1 Å². The van der Waals surface area contributed by atoms with Crippen LogP contribution in [-0.4, -0.2) is 29.0 Å². The molecule has 0 spiro atoms. The van der Waals surface area contributed by atoms with Crippen LogP contribution in [0.2, 0.25) is 0 Å². The van der Waals surface area contributed by atoms with Gasteiger partial charge in [-0.15, -0.1) is 11.3 Å². The predicted molar refractivity (Wildman–Crippen MR) is 73.2 cm³/mol. The van der Waals surface area contributed by atoms with E-state index >= 15 is 0 Å². The lowest BCUT2D eigenvalue weighted by Crippen LogP contribution is -2.43. The van der Waals surface area contributed by atoms with Crippen LogP contribution in [0.5, 0.6) is 0 Å². The van der Waals surface area contributed by atoms with Gasteiger partial charge in [-0.05, 0) is 32.2 Å². The number of hydrogen-bond acceptors (Lipinski definition) is 4. The van der Waals surface area contributed by atoms with Crippen molar-refractivity contribution in [1.29, 1.82) is 0 Å². The molecule has 1 aromatic heterocycles. The Kier molecular flexibility index (Phi) is 4.95. The van der Waals surface area contributed by atoms with E-state index in [1.807, 2.05) is 0 Å². The molecule has 2 heterocycles. The SMILES string of the molecule is CCCc1nc(CN2CCCCC2CN)cs1. The van der Waals surface area contributed by atoms with Crippen molar-refractivity contribution in [3.05, 3.63) is 16.1 Å². The molecule has 4 heteroatoms. The highest BCUT2D eigenvalue weighted by atomic mass is 32.1. The Labute approximate surface area is 108 Å². The van der Waals surface area contributed by atoms with E-state index in [2.05, 4.69) is 17.2 Å². The van der Waals surface area contributed by atoms with Crippen LogP contribution >= 0.6 is 11.3 Å². The molecule has 2 N–H and O–H groups in total. The Morgan fingerprint density at radius 1 is 1.53 bits per heavy atom. The highest BCUT2D eigenvalue weighted by Crippen LogP contribution is 2.20. The number of thiazole rings is 1. The summed E-state index contributed by atoms with van der Waals surface area (Å²) in [5.74, 6) is 0. The Bertz CT molecular complexity index is 337. The third kappa shape index (κ3) is 3.50. The van der Waals surface area contributed by atoms with E-state index in [9.17, 15) is 0 Å². The molecule has 0 amide bonds. The number of piperidine rings is 1. The molecular weight excluding hydrogens is 230 g/mol. The Balaban J connectivity index is 1.93. The van der Waals surface area contributed by atoms with E-state index in [-0.39, 0.29) is 0 Å². The van der Waals surface area contributed by atoms with Crippen molar-refractivity contribution in [2.24, 2.45) is 5.73 Å². The molecule has 1 unspecified atom stereocenters. The zero-order valence-electron chi connectivity index (χ0n) is 10.7. The molecule has 17 heavy (non-hydrogen) atoms. The fraction of sp³-hybridized carbons (Fsp3) is 0.769. The number of hydrogen-bond donors (Lipinski definition) is 1. The van der Waals surface area contributed by atoms with Gasteiger partial charge in [-0.3, -0.25) is 4.90 Å². The molecule has 1 fully saturated rings. The standard InChI is InChI=1S/C13H23N3S/c1-2-5-13-15-11(10-17-13)9-16-7-4-3-6-12(16)8-14/h10,12H,2-9,14H2,1H3. The van der Waals surface area contributed by atoms with E-state index in [1.54, 1.807) is 11.3 Å². The molecule has 3 nitrogen and oxygen atoms in total. The monoisotopic (exact) mass is 253 g/mol. The lowest BCUT2D eigenvalue weighted by molar-refractivity contribution is 0.143. The minimum absolute atomic E-state index is 0.570. The molecule has 0 aromatic carbocycles. The van der Waals surface area contributed by atoms with Crippen molar-refractivity contribution >= 4 is 11.3 Å². The number of aryl methyl sites for hydroxylation is 1. The molecule has 1 aliphatic heterocycles. The molecule has 96 valence electrons. The van der Waals surface area contributed by atoms with Gasteiger partial charge in [0.25, 0.3) is 0 Å². The van der Waals surface area contributed by atoms with Crippen molar-refractivity contribution in [3.8, 4) is 0 Å². The topological polar surface area (TPSA) is 42.2 Å². The first-order chi connectivity index (χ1) is 8.33. The number of nitrogens with two attached hydrogens (primary N) is 1. The number of likely N-dealkylation sites (tertiary alicyclic amines) is 1. The van der Waals surface area contributed by atoms with Gasteiger partial charge in [0.2, 0.25) is 0 Å². The molecule has 0 radical (unpaired) electrons. The summed E-state index contributed by atoms with van der Waals surface area (Å²) in [6, 6.07) is 0.570. The van der Waals surface area contributed by atoms with Crippen LogP contribution in [0.4, 0.5) is 0 Å². The molecule has 0 bridgehead atoms. The maximum Gasteiger partial charge on any atom is 0.0928 e. The number of nitrogens with zero attached hydrogens (tertiary/aromatic N) is 2. The first-order valence-electron chi connectivity index (χ1n) is 6.71. The fourth-order valence-electron chi connectivity index (χ4n) is 2.49. The largest absolute Gasteiger partial charge is 0.329 e. The minimum atomic E-state index is 0.570. The highest BCUT2D eigenvalue weighted by molar-refractivity contribution is 7.09. The van der Waals surface area contributed by atoms with Gasteiger partial charge in [-0.1, -0.05) is 13.3 Å². The summed E-state index contributed by atoms with van der Waals surface area (Å²) in [5, 5.41) is 3.50. The lowest BCUT2D eigenvalue weighted by atomic mass is 10.0. The van der Waals surface area contributed by atoms with Crippen LogP contribution in [0.25, 0.3) is 0 Å². The zero-order chi connectivity index (χ0) is 12.1. The average molecular weight is 253 g/mol. The van der Waals surface area contributed by atoms with E-state index in [1.165, 1.54) is 42.9 Å². The summed E-state index contributed by atoms with van der Waals surface area (Å²) in [4.78, 5) is 7.21. The second-order valence-electron chi connectivity index (χ2n) is 4.84. The summed E-state index contributed by atoms with van der Waals surface area (Å²) in [5.41, 5.74) is 7.08. The molecule has 0 aliphatic carbocycles. The lowest BCUT2D eigenvalue weighted by Gasteiger charge is -2.34. The maximum absolute atomic E-state index is 5.84. The van der Waals surface area contributed by atoms with Crippen LogP contribution in [0.1, 0.15) is 43.3 Å². The van der Waals surface area contributed by atoms with Gasteiger partial charge in [0.15, 0.2) is 0 Å². The van der Waals surface area contributed by atoms with Crippen LogP contribution in [0.3, 0.4) is 0 Å². The van der Waals surface area contributed by atoms with Crippen LogP contribution in [0, 0.1) is 0 Å². The summed E-state index contributed by atoms with van der Waals surface area (Å²) in [7, 11) is 0. The Morgan fingerprint density at radius 3 is 3.18 bits per heavy atom. The predicted octanol–water partition coefficient (Wildman–Crippen LogP) is 2.41. The molecule has 1 aliphatic rings. The maximum atomic E-state index is 5.84. The molecule has 0 saturated carbocycles. The van der Waals surface area contributed by atoms with E-state index in [0.717, 1.165) is 19.5 Å². The van der Waals surface area contributed by atoms with Crippen LogP contribution in [0.15, 0.2) is 5.38 Å². The normalized spacial score (nSPS) is 21.9. The number of rotatable bonds is 5. The average Bonchev–Trinajstić information content (AvgIpc) is 2.78. The first-order valence-corrected chi connectivity index (χ1v) is 7.58. The van der Waals surface area contributed by atoms with Crippen molar-refractivity contribution < 1.29 is 0 Å². The van der Waals surface area contributed by atoms with E-state index in [0.29, 0.717) is 6.04 Å². The quantitative estimate of drug-likeness (QED) is 0.876.